The second kappa shape index (κ2) is 6.58. The quantitative estimate of drug-likeness (QED) is 0.761. The highest BCUT2D eigenvalue weighted by Crippen LogP contribution is 2.14. The summed E-state index contributed by atoms with van der Waals surface area (Å²) in [6.45, 7) is 3.26. The molecule has 1 fully saturated rings. The molecule has 1 atom stereocenters. The van der Waals surface area contributed by atoms with Crippen LogP contribution in [0.1, 0.15) is 17.5 Å². The topological polar surface area (TPSA) is 109 Å². The number of aryl methyl sites for hydroxylation is 2. The molecule has 1 saturated heterocycles. The molecule has 1 aromatic carbocycles. The highest BCUT2D eigenvalue weighted by atomic mass is 32.2. The largest absolute Gasteiger partial charge is 0.351 e. The predicted octanol–water partition coefficient (Wildman–Crippen LogP) is -0.115. The maximum Gasteiger partial charge on any atom is 0.241 e. The Morgan fingerprint density at radius 2 is 1.96 bits per heavy atom. The highest BCUT2D eigenvalue weighted by Gasteiger charge is 2.29. The van der Waals surface area contributed by atoms with Crippen molar-refractivity contribution in [2.24, 2.45) is 0 Å². The van der Waals surface area contributed by atoms with Gasteiger partial charge in [-0.05, 0) is 43.5 Å². The molecule has 7 nitrogen and oxygen atoms in total. The van der Waals surface area contributed by atoms with E-state index in [0.717, 1.165) is 11.1 Å². The molecule has 1 amide bonds. The number of rotatable bonds is 5. The summed E-state index contributed by atoms with van der Waals surface area (Å²) in [7, 11) is -6.87. The number of hydrogen-bond acceptors (Lipinski definition) is 5. The molecule has 23 heavy (non-hydrogen) atoms. The van der Waals surface area contributed by atoms with Crippen LogP contribution in [0.5, 0.6) is 0 Å². The van der Waals surface area contributed by atoms with Gasteiger partial charge in [-0.15, -0.1) is 0 Å². The van der Waals surface area contributed by atoms with Crippen LogP contribution in [0.3, 0.4) is 0 Å². The molecule has 0 bridgehead atoms. The van der Waals surface area contributed by atoms with E-state index >= 15 is 0 Å². The van der Waals surface area contributed by atoms with Crippen molar-refractivity contribution in [2.45, 2.75) is 31.2 Å². The summed E-state index contributed by atoms with van der Waals surface area (Å²) in [5, 5.41) is 2.53. The number of sulfonamides is 1. The van der Waals surface area contributed by atoms with Crippen LogP contribution in [-0.4, -0.2) is 46.8 Å². The Morgan fingerprint density at radius 3 is 2.52 bits per heavy atom. The number of amides is 1. The molecule has 1 heterocycles. The minimum Gasteiger partial charge on any atom is -0.351 e. The SMILES string of the molecule is Cc1ccc(S(=O)(=O)NCC(=O)NC2CCS(=O)(=O)C2)cc1C. The zero-order valence-corrected chi connectivity index (χ0v) is 14.6. The minimum atomic E-state index is -3.78. The van der Waals surface area contributed by atoms with E-state index in [1.807, 2.05) is 13.8 Å². The number of benzene rings is 1. The van der Waals surface area contributed by atoms with Gasteiger partial charge in [0.05, 0.1) is 22.9 Å². The first-order valence-electron chi connectivity index (χ1n) is 7.16. The van der Waals surface area contributed by atoms with E-state index in [-0.39, 0.29) is 16.4 Å². The summed E-state index contributed by atoms with van der Waals surface area (Å²) in [6, 6.07) is 4.28. The van der Waals surface area contributed by atoms with Crippen LogP contribution in [-0.2, 0) is 24.7 Å². The molecule has 0 saturated carbocycles. The number of sulfone groups is 1. The van der Waals surface area contributed by atoms with Crippen LogP contribution in [0.2, 0.25) is 0 Å². The molecule has 128 valence electrons. The third kappa shape index (κ3) is 4.76. The maximum atomic E-state index is 12.2. The van der Waals surface area contributed by atoms with Gasteiger partial charge in [0.25, 0.3) is 0 Å². The average Bonchev–Trinajstić information content (AvgIpc) is 2.78. The standard InChI is InChI=1S/C14H20N2O5S2/c1-10-3-4-13(7-11(10)2)23(20,21)15-8-14(17)16-12-5-6-22(18,19)9-12/h3-4,7,12,15H,5-6,8-9H2,1-2H3,(H,16,17). The summed E-state index contributed by atoms with van der Waals surface area (Å²) in [4.78, 5) is 11.9. The smallest absolute Gasteiger partial charge is 0.241 e. The van der Waals surface area contributed by atoms with Gasteiger partial charge in [0.1, 0.15) is 0 Å². The van der Waals surface area contributed by atoms with E-state index in [1.165, 1.54) is 6.07 Å². The van der Waals surface area contributed by atoms with Gasteiger partial charge in [-0.2, -0.15) is 0 Å². The lowest BCUT2D eigenvalue weighted by atomic mass is 10.1. The molecule has 0 aliphatic carbocycles. The lowest BCUT2D eigenvalue weighted by Crippen LogP contribution is -2.42. The van der Waals surface area contributed by atoms with E-state index in [4.69, 9.17) is 0 Å². The number of carbonyl (C=O) groups is 1. The van der Waals surface area contributed by atoms with Crippen LogP contribution in [0, 0.1) is 13.8 Å². The zero-order valence-electron chi connectivity index (χ0n) is 13.0. The summed E-state index contributed by atoms with van der Waals surface area (Å²) in [6.07, 6.45) is 0.359. The monoisotopic (exact) mass is 360 g/mol. The zero-order chi connectivity index (χ0) is 17.3. The molecule has 2 N–H and O–H groups in total. The molecular weight excluding hydrogens is 340 g/mol. The van der Waals surface area contributed by atoms with Crippen LogP contribution < -0.4 is 10.0 Å². The summed E-state index contributed by atoms with van der Waals surface area (Å²) in [5.41, 5.74) is 1.82. The number of nitrogens with one attached hydrogen (secondary N) is 2. The predicted molar refractivity (Wildman–Crippen MR) is 86.3 cm³/mol. The highest BCUT2D eigenvalue weighted by molar-refractivity contribution is 7.91. The third-order valence-electron chi connectivity index (χ3n) is 3.81. The minimum absolute atomic E-state index is 0.0479. The number of hydrogen-bond donors (Lipinski definition) is 2. The first-order valence-corrected chi connectivity index (χ1v) is 10.5. The maximum absolute atomic E-state index is 12.2. The second-order valence-electron chi connectivity index (χ2n) is 5.74. The molecule has 0 spiro atoms. The van der Waals surface area contributed by atoms with Crippen LogP contribution in [0.4, 0.5) is 0 Å². The van der Waals surface area contributed by atoms with Crippen molar-refractivity contribution < 1.29 is 21.6 Å². The van der Waals surface area contributed by atoms with Crippen molar-refractivity contribution in [3.8, 4) is 0 Å². The molecule has 1 aliphatic rings. The van der Waals surface area contributed by atoms with Crippen molar-refractivity contribution in [3.05, 3.63) is 29.3 Å². The molecule has 1 aromatic rings. The van der Waals surface area contributed by atoms with Crippen LogP contribution >= 0.6 is 0 Å². The first-order chi connectivity index (χ1) is 10.6. The van der Waals surface area contributed by atoms with Crippen molar-refractivity contribution in [3.63, 3.8) is 0 Å². The van der Waals surface area contributed by atoms with Gasteiger partial charge < -0.3 is 5.32 Å². The Balaban J connectivity index is 1.94. The lowest BCUT2D eigenvalue weighted by molar-refractivity contribution is -0.120. The number of carbonyl (C=O) groups excluding carboxylic acids is 1. The van der Waals surface area contributed by atoms with E-state index in [1.54, 1.807) is 12.1 Å². The Kier molecular flexibility index (Phi) is 5.12. The normalized spacial score (nSPS) is 20.3. The summed E-state index contributed by atoms with van der Waals surface area (Å²) in [5.74, 6) is -0.589. The summed E-state index contributed by atoms with van der Waals surface area (Å²) >= 11 is 0. The first kappa shape index (κ1) is 17.9. The fraction of sp³-hybridized carbons (Fsp3) is 0.500. The van der Waals surface area contributed by atoms with Gasteiger partial charge >= 0.3 is 0 Å². The molecule has 2 rings (SSSR count). The van der Waals surface area contributed by atoms with Crippen molar-refractivity contribution in [1.29, 1.82) is 0 Å². The van der Waals surface area contributed by atoms with Crippen LogP contribution in [0.25, 0.3) is 0 Å². The van der Waals surface area contributed by atoms with Gasteiger partial charge in [0.2, 0.25) is 15.9 Å². The Hall–Kier alpha value is -1.45. The average molecular weight is 360 g/mol. The fourth-order valence-electron chi connectivity index (χ4n) is 2.31. The Bertz CT molecular complexity index is 816. The van der Waals surface area contributed by atoms with Gasteiger partial charge in [-0.1, -0.05) is 6.07 Å². The molecule has 1 unspecified atom stereocenters. The van der Waals surface area contributed by atoms with Gasteiger partial charge in [0, 0.05) is 6.04 Å². The molecule has 1 aliphatic heterocycles. The van der Waals surface area contributed by atoms with Crippen molar-refractivity contribution >= 4 is 25.8 Å². The second-order valence-corrected chi connectivity index (χ2v) is 9.73. The van der Waals surface area contributed by atoms with Gasteiger partial charge in [-0.25, -0.2) is 21.6 Å². The van der Waals surface area contributed by atoms with E-state index < -0.39 is 38.4 Å². The van der Waals surface area contributed by atoms with Crippen molar-refractivity contribution in [1.82, 2.24) is 10.0 Å². The fourth-order valence-corrected chi connectivity index (χ4v) is 5.05. The third-order valence-corrected chi connectivity index (χ3v) is 6.98. The lowest BCUT2D eigenvalue weighted by Gasteiger charge is -2.12. The van der Waals surface area contributed by atoms with Crippen LogP contribution in [0.15, 0.2) is 23.1 Å². The van der Waals surface area contributed by atoms with E-state index in [0.29, 0.717) is 6.42 Å². The molecule has 9 heteroatoms. The Morgan fingerprint density at radius 1 is 1.26 bits per heavy atom. The molecule has 0 aromatic heterocycles. The van der Waals surface area contributed by atoms with E-state index in [2.05, 4.69) is 10.0 Å². The molecule has 0 radical (unpaired) electrons. The summed E-state index contributed by atoms with van der Waals surface area (Å²) < 4.78 is 49.2. The van der Waals surface area contributed by atoms with Gasteiger partial charge in [-0.3, -0.25) is 4.79 Å². The van der Waals surface area contributed by atoms with Crippen molar-refractivity contribution in [2.75, 3.05) is 18.1 Å². The van der Waals surface area contributed by atoms with Gasteiger partial charge in [0.15, 0.2) is 9.84 Å². The molecular formula is C14H20N2O5S2. The Labute approximate surface area is 136 Å². The van der Waals surface area contributed by atoms with E-state index in [9.17, 15) is 21.6 Å².